The molecular weight excluding hydrogens is 312 g/mol. The van der Waals surface area contributed by atoms with Crippen LogP contribution in [-0.4, -0.2) is 41.1 Å². The van der Waals surface area contributed by atoms with E-state index in [2.05, 4.69) is 0 Å². The lowest BCUT2D eigenvalue weighted by atomic mass is 9.38. The molecule has 4 bridgehead atoms. The number of aliphatic hydroxyl groups is 1. The highest BCUT2D eigenvalue weighted by atomic mass is 16.7. The maximum atomic E-state index is 13.1. The van der Waals surface area contributed by atoms with Crippen molar-refractivity contribution in [3.63, 3.8) is 0 Å². The van der Waals surface area contributed by atoms with Crippen LogP contribution >= 0.6 is 0 Å². The van der Waals surface area contributed by atoms with Crippen molar-refractivity contribution in [2.24, 2.45) is 28.1 Å². The first-order valence-corrected chi connectivity index (χ1v) is 8.53. The quantitative estimate of drug-likeness (QED) is 0.659. The first-order valence-electron chi connectivity index (χ1n) is 8.53. The molecule has 3 aliphatic carbocycles. The van der Waals surface area contributed by atoms with Crippen molar-refractivity contribution in [2.75, 3.05) is 6.61 Å². The van der Waals surface area contributed by atoms with Crippen LogP contribution in [0.3, 0.4) is 0 Å². The number of allylic oxidation sites excluding steroid dienone is 2. The summed E-state index contributed by atoms with van der Waals surface area (Å²) in [5.74, 6) is -3.32. The average Bonchev–Trinajstić information content (AvgIpc) is 2.67. The number of esters is 1. The topological polar surface area (TPSA) is 89.9 Å². The van der Waals surface area contributed by atoms with Crippen LogP contribution in [0.1, 0.15) is 33.1 Å². The molecule has 1 N–H and O–H groups in total. The van der Waals surface area contributed by atoms with Gasteiger partial charge in [0.05, 0.1) is 12.0 Å². The minimum absolute atomic E-state index is 0.0689. The maximum Gasteiger partial charge on any atom is 0.319 e. The van der Waals surface area contributed by atoms with Gasteiger partial charge in [-0.2, -0.15) is 0 Å². The second-order valence-corrected chi connectivity index (χ2v) is 8.63. The second kappa shape index (κ2) is 3.83. The zero-order chi connectivity index (χ0) is 17.1. The minimum Gasteiger partial charge on any atom is -0.456 e. The number of carbonyl (C=O) groups is 3. The zero-order valence-electron chi connectivity index (χ0n) is 13.7. The average molecular weight is 332 g/mol. The second-order valence-electron chi connectivity index (χ2n) is 8.63. The fourth-order valence-electron chi connectivity index (χ4n) is 6.47. The van der Waals surface area contributed by atoms with E-state index in [1.54, 1.807) is 6.08 Å². The van der Waals surface area contributed by atoms with Gasteiger partial charge in [-0.15, -0.1) is 0 Å². The van der Waals surface area contributed by atoms with Crippen LogP contribution in [-0.2, 0) is 23.9 Å². The van der Waals surface area contributed by atoms with Crippen molar-refractivity contribution in [3.8, 4) is 0 Å². The summed E-state index contributed by atoms with van der Waals surface area (Å²) >= 11 is 0. The molecule has 0 radical (unpaired) electrons. The van der Waals surface area contributed by atoms with Gasteiger partial charge in [-0.1, -0.05) is 19.9 Å². The molecule has 2 spiro atoms. The molecule has 0 unspecified atom stereocenters. The van der Waals surface area contributed by atoms with Crippen molar-refractivity contribution >= 4 is 17.5 Å². The first kappa shape index (κ1) is 14.8. The van der Waals surface area contributed by atoms with Crippen molar-refractivity contribution in [1.82, 2.24) is 0 Å². The number of fused-ring (bicyclic) bond motifs is 1. The third-order valence-electron chi connectivity index (χ3n) is 7.34. The summed E-state index contributed by atoms with van der Waals surface area (Å²) < 4.78 is 11.4. The van der Waals surface area contributed by atoms with E-state index in [9.17, 15) is 19.5 Å². The van der Waals surface area contributed by atoms with Gasteiger partial charge in [0.15, 0.2) is 11.9 Å². The molecule has 0 aromatic rings. The molecule has 2 saturated carbocycles. The van der Waals surface area contributed by atoms with Gasteiger partial charge in [0.1, 0.15) is 11.2 Å². The van der Waals surface area contributed by atoms with Crippen molar-refractivity contribution in [2.45, 2.75) is 45.0 Å². The van der Waals surface area contributed by atoms with E-state index >= 15 is 0 Å². The van der Waals surface area contributed by atoms with Gasteiger partial charge in [0.25, 0.3) is 0 Å². The third kappa shape index (κ3) is 1.20. The Bertz CT molecular complexity index is 738. The van der Waals surface area contributed by atoms with Crippen LogP contribution in [0.4, 0.5) is 0 Å². The molecule has 6 heteroatoms. The predicted molar refractivity (Wildman–Crippen MR) is 79.4 cm³/mol. The number of ketones is 2. The lowest BCUT2D eigenvalue weighted by molar-refractivity contribution is -0.391. The smallest absolute Gasteiger partial charge is 0.319 e. The van der Waals surface area contributed by atoms with Gasteiger partial charge < -0.3 is 14.6 Å². The van der Waals surface area contributed by atoms with Crippen LogP contribution in [0.5, 0.6) is 0 Å². The summed E-state index contributed by atoms with van der Waals surface area (Å²) in [6.45, 7) is 4.07. The lowest BCUT2D eigenvalue weighted by Gasteiger charge is -2.67. The highest BCUT2D eigenvalue weighted by Crippen LogP contribution is 2.74. The third-order valence-corrected chi connectivity index (χ3v) is 7.34. The standard InChI is InChI=1S/C18H20O6/c1-15(2)6-5-11(20)16-8-23-18(22)13(12(15)16)24-14(21)17(18)7-9(19)3-4-10(16)17/h5-6,10,12-13,22H,3-4,7-8H2,1-2H3/t10-,12+,13-,16+,17-,18-/m0/s1. The van der Waals surface area contributed by atoms with Crippen LogP contribution in [0, 0.1) is 28.1 Å². The molecule has 0 aromatic heterocycles. The van der Waals surface area contributed by atoms with Gasteiger partial charge in [-0.05, 0) is 23.8 Å². The monoisotopic (exact) mass is 332 g/mol. The Kier molecular flexibility index (Phi) is 2.36. The maximum absolute atomic E-state index is 13.1. The molecule has 3 aliphatic heterocycles. The zero-order valence-corrected chi connectivity index (χ0v) is 13.7. The molecular formula is C18H20O6. The van der Waals surface area contributed by atoms with E-state index in [0.717, 1.165) is 0 Å². The summed E-state index contributed by atoms with van der Waals surface area (Å²) in [6.07, 6.45) is 3.16. The Hall–Kier alpha value is -1.53. The van der Waals surface area contributed by atoms with E-state index in [0.29, 0.717) is 12.8 Å². The molecule has 6 aliphatic rings. The molecule has 6 rings (SSSR count). The summed E-state index contributed by atoms with van der Waals surface area (Å²) in [5.41, 5.74) is -2.76. The molecule has 6 nitrogen and oxygen atoms in total. The van der Waals surface area contributed by atoms with Crippen LogP contribution < -0.4 is 0 Å². The number of carbonyl (C=O) groups excluding carboxylic acids is 3. The Morgan fingerprint density at radius 1 is 1.25 bits per heavy atom. The Morgan fingerprint density at radius 2 is 2.00 bits per heavy atom. The molecule has 128 valence electrons. The largest absolute Gasteiger partial charge is 0.456 e. The van der Waals surface area contributed by atoms with E-state index in [-0.39, 0.29) is 30.5 Å². The van der Waals surface area contributed by atoms with Crippen molar-refractivity contribution in [3.05, 3.63) is 12.2 Å². The lowest BCUT2D eigenvalue weighted by Crippen LogP contribution is -2.80. The van der Waals surface area contributed by atoms with E-state index < -0.39 is 40.0 Å². The summed E-state index contributed by atoms with van der Waals surface area (Å²) in [4.78, 5) is 38.1. The Morgan fingerprint density at radius 3 is 2.75 bits per heavy atom. The number of hydrogen-bond acceptors (Lipinski definition) is 6. The molecule has 24 heavy (non-hydrogen) atoms. The Labute approximate surface area is 139 Å². The van der Waals surface area contributed by atoms with Gasteiger partial charge in [-0.25, -0.2) is 0 Å². The molecule has 3 heterocycles. The predicted octanol–water partition coefficient (Wildman–Crippen LogP) is 0.767. The van der Waals surface area contributed by atoms with E-state index in [1.807, 2.05) is 19.9 Å². The number of hydrogen-bond donors (Lipinski definition) is 1. The fourth-order valence-corrected chi connectivity index (χ4v) is 6.47. The van der Waals surface area contributed by atoms with Crippen LogP contribution in [0.2, 0.25) is 0 Å². The number of rotatable bonds is 0. The summed E-state index contributed by atoms with van der Waals surface area (Å²) in [6, 6.07) is 0. The highest BCUT2D eigenvalue weighted by Gasteiger charge is 2.87. The summed E-state index contributed by atoms with van der Waals surface area (Å²) in [7, 11) is 0. The SMILES string of the molecule is CC1(C)C=CC(=O)[C@@]23CO[C@@]4(O)[C@@H](OC(=O)[C@@]45CC(=O)CC[C@@H]25)[C@H]13. The molecule has 0 aromatic carbocycles. The van der Waals surface area contributed by atoms with Crippen LogP contribution in [0.25, 0.3) is 0 Å². The van der Waals surface area contributed by atoms with Gasteiger partial charge in [0, 0.05) is 18.8 Å². The van der Waals surface area contributed by atoms with E-state index in [1.165, 1.54) is 0 Å². The molecule has 3 saturated heterocycles. The number of ether oxygens (including phenoxy) is 2. The van der Waals surface area contributed by atoms with Gasteiger partial charge in [0.2, 0.25) is 5.79 Å². The molecule has 6 atom stereocenters. The van der Waals surface area contributed by atoms with Crippen molar-refractivity contribution in [1.29, 1.82) is 0 Å². The normalized spacial score (nSPS) is 53.6. The number of Topliss-reactive ketones (excluding diaryl/α,β-unsaturated/α-hetero) is 1. The van der Waals surface area contributed by atoms with Gasteiger partial charge >= 0.3 is 5.97 Å². The fraction of sp³-hybridized carbons (Fsp3) is 0.722. The molecule has 5 fully saturated rings. The van der Waals surface area contributed by atoms with Crippen LogP contribution in [0.15, 0.2) is 12.2 Å². The van der Waals surface area contributed by atoms with E-state index in [4.69, 9.17) is 9.47 Å². The Balaban J connectivity index is 1.84. The minimum atomic E-state index is -1.82. The molecule has 0 amide bonds. The highest BCUT2D eigenvalue weighted by molar-refractivity contribution is 6.01. The van der Waals surface area contributed by atoms with Crippen molar-refractivity contribution < 1.29 is 29.0 Å². The van der Waals surface area contributed by atoms with Gasteiger partial charge in [-0.3, -0.25) is 14.4 Å². The summed E-state index contributed by atoms with van der Waals surface area (Å²) in [5, 5.41) is 11.4. The first-order chi connectivity index (χ1) is 11.2.